The second-order valence-corrected chi connectivity index (χ2v) is 9.95. The summed E-state index contributed by atoms with van der Waals surface area (Å²) >= 11 is 1.11. The Bertz CT molecular complexity index is 1240. The third kappa shape index (κ3) is 5.33. The first-order valence-corrected chi connectivity index (χ1v) is 13.0. The molecule has 3 amide bonds. The van der Waals surface area contributed by atoms with Crippen molar-refractivity contribution < 1.29 is 18.8 Å². The van der Waals surface area contributed by atoms with E-state index < -0.39 is 6.04 Å². The molecule has 3 aliphatic rings. The van der Waals surface area contributed by atoms with Gasteiger partial charge in [-0.25, -0.2) is 14.3 Å². The highest BCUT2D eigenvalue weighted by molar-refractivity contribution is 8.14. The van der Waals surface area contributed by atoms with Crippen molar-refractivity contribution in [1.29, 1.82) is 0 Å². The molecule has 1 fully saturated rings. The first-order valence-electron chi connectivity index (χ1n) is 12.1. The minimum atomic E-state index is -0.839. The number of amides is 3. The summed E-state index contributed by atoms with van der Waals surface area (Å²) in [6, 6.07) is 12.1. The van der Waals surface area contributed by atoms with Crippen LogP contribution < -0.4 is 10.6 Å². The molecule has 0 radical (unpaired) electrons. The molecule has 8 nitrogen and oxygen atoms in total. The fraction of sp³-hybridized carbons (Fsp3) is 0.346. The highest BCUT2D eigenvalue weighted by Crippen LogP contribution is 2.34. The van der Waals surface area contributed by atoms with E-state index in [0.717, 1.165) is 37.4 Å². The first-order chi connectivity index (χ1) is 17.5. The van der Waals surface area contributed by atoms with E-state index in [-0.39, 0.29) is 41.8 Å². The number of rotatable bonds is 6. The molecule has 0 bridgehead atoms. The van der Waals surface area contributed by atoms with Crippen molar-refractivity contribution in [3.05, 3.63) is 59.9 Å². The number of halogens is 1. The predicted molar refractivity (Wildman–Crippen MR) is 138 cm³/mol. The molecule has 1 saturated carbocycles. The number of carbonyl (C=O) groups is 3. The van der Waals surface area contributed by atoms with E-state index in [1.54, 1.807) is 0 Å². The van der Waals surface area contributed by atoms with Gasteiger partial charge in [0.25, 0.3) is 5.91 Å². The van der Waals surface area contributed by atoms with Gasteiger partial charge in [0, 0.05) is 17.3 Å². The predicted octanol–water partition coefficient (Wildman–Crippen LogP) is 4.00. The number of para-hydroxylation sites is 1. The van der Waals surface area contributed by atoms with Gasteiger partial charge in [0.2, 0.25) is 11.8 Å². The van der Waals surface area contributed by atoms with Crippen molar-refractivity contribution >= 4 is 51.9 Å². The molecule has 186 valence electrons. The number of thioether (sulfide) groups is 1. The number of hydrogen-bond donors (Lipinski definition) is 2. The Morgan fingerprint density at radius 1 is 1.03 bits per heavy atom. The van der Waals surface area contributed by atoms with E-state index in [4.69, 9.17) is 0 Å². The highest BCUT2D eigenvalue weighted by Gasteiger charge is 2.42. The molecule has 1 aliphatic carbocycles. The molecule has 5 rings (SSSR count). The Hall–Kier alpha value is -3.53. The van der Waals surface area contributed by atoms with E-state index in [1.807, 2.05) is 24.3 Å². The first kappa shape index (κ1) is 24.2. The maximum atomic E-state index is 13.4. The molecule has 0 aromatic heterocycles. The average molecular weight is 508 g/mol. The molecule has 0 saturated heterocycles. The summed E-state index contributed by atoms with van der Waals surface area (Å²) in [5.41, 5.74) is 1.83. The molecular weight excluding hydrogens is 481 g/mol. The Labute approximate surface area is 212 Å². The lowest BCUT2D eigenvalue weighted by Crippen LogP contribution is -2.43. The number of benzene rings is 2. The van der Waals surface area contributed by atoms with Gasteiger partial charge in [-0.05, 0) is 49.2 Å². The smallest absolute Gasteiger partial charge is 0.259 e. The number of carbonyl (C=O) groups excluding carboxylic acids is 3. The standard InChI is InChI=1S/C26H26FN5O3S/c27-16-10-12-18(13-11-16)29-23(34)15-36-26-31-20-9-5-4-8-19(20)24-30-21(25(35)32(24)26)14-22(33)28-17-6-2-1-3-7-17/h4-5,8-13,17,21H,1-3,6-7,14-15H2,(H,28,33)(H,29,34)/t21-/m0/s1. The fourth-order valence-electron chi connectivity index (χ4n) is 4.60. The van der Waals surface area contributed by atoms with E-state index in [1.165, 1.54) is 35.6 Å². The number of fused-ring (bicyclic) bond motifs is 3. The topological polar surface area (TPSA) is 103 Å². The van der Waals surface area contributed by atoms with Gasteiger partial charge < -0.3 is 10.6 Å². The van der Waals surface area contributed by atoms with Gasteiger partial charge >= 0.3 is 0 Å². The quantitative estimate of drug-likeness (QED) is 0.617. The number of nitrogens with one attached hydrogen (secondary N) is 2. The lowest BCUT2D eigenvalue weighted by atomic mass is 9.95. The zero-order valence-corrected chi connectivity index (χ0v) is 20.4. The minimum Gasteiger partial charge on any atom is -0.353 e. The number of nitrogens with zero attached hydrogens (tertiary/aromatic N) is 3. The Kier molecular flexibility index (Phi) is 7.13. The van der Waals surface area contributed by atoms with Gasteiger partial charge in [0.05, 0.1) is 17.9 Å². The summed E-state index contributed by atoms with van der Waals surface area (Å²) < 4.78 is 13.1. The van der Waals surface area contributed by atoms with E-state index in [2.05, 4.69) is 20.6 Å². The Morgan fingerprint density at radius 3 is 2.56 bits per heavy atom. The van der Waals surface area contributed by atoms with Crippen LogP contribution in [0, 0.1) is 5.82 Å². The normalized spacial score (nSPS) is 19.2. The van der Waals surface area contributed by atoms with Crippen LogP contribution >= 0.6 is 11.8 Å². The summed E-state index contributed by atoms with van der Waals surface area (Å²) in [4.78, 5) is 49.2. The summed E-state index contributed by atoms with van der Waals surface area (Å²) in [7, 11) is 0. The van der Waals surface area contributed by atoms with Crippen molar-refractivity contribution in [2.75, 3.05) is 11.1 Å². The lowest BCUT2D eigenvalue weighted by Gasteiger charge is -2.25. The molecular formula is C26H26FN5O3S. The van der Waals surface area contributed by atoms with Crippen molar-refractivity contribution in [3.63, 3.8) is 0 Å². The van der Waals surface area contributed by atoms with E-state index in [0.29, 0.717) is 27.9 Å². The van der Waals surface area contributed by atoms with Gasteiger partial charge in [-0.3, -0.25) is 19.4 Å². The summed E-state index contributed by atoms with van der Waals surface area (Å²) in [5, 5.41) is 6.09. The van der Waals surface area contributed by atoms with Crippen LogP contribution in [0.5, 0.6) is 0 Å². The fourth-order valence-corrected chi connectivity index (χ4v) is 5.40. The molecule has 0 spiro atoms. The highest BCUT2D eigenvalue weighted by atomic mass is 32.2. The molecule has 0 unspecified atom stereocenters. The maximum Gasteiger partial charge on any atom is 0.259 e. The third-order valence-electron chi connectivity index (χ3n) is 6.36. The zero-order valence-electron chi connectivity index (χ0n) is 19.6. The van der Waals surface area contributed by atoms with Crippen molar-refractivity contribution in [3.8, 4) is 0 Å². The van der Waals surface area contributed by atoms with E-state index >= 15 is 0 Å². The second-order valence-electron chi connectivity index (χ2n) is 9.00. The molecule has 2 aliphatic heterocycles. The monoisotopic (exact) mass is 507 g/mol. The second kappa shape index (κ2) is 10.6. The third-order valence-corrected chi connectivity index (χ3v) is 7.30. The molecule has 2 N–H and O–H groups in total. The van der Waals surface area contributed by atoms with Crippen molar-refractivity contribution in [2.24, 2.45) is 9.98 Å². The number of hydrogen-bond acceptors (Lipinski definition) is 6. The summed E-state index contributed by atoms with van der Waals surface area (Å²) in [6.07, 6.45) is 5.30. The van der Waals surface area contributed by atoms with Gasteiger partial charge in [0.1, 0.15) is 17.7 Å². The summed E-state index contributed by atoms with van der Waals surface area (Å²) in [6.45, 7) is 0. The van der Waals surface area contributed by atoms with Gasteiger partial charge in [0.15, 0.2) is 5.17 Å². The van der Waals surface area contributed by atoms with Crippen LogP contribution in [-0.4, -0.2) is 51.5 Å². The van der Waals surface area contributed by atoms with Crippen LogP contribution in [0.2, 0.25) is 0 Å². The van der Waals surface area contributed by atoms with Gasteiger partial charge in [-0.1, -0.05) is 43.2 Å². The molecule has 2 aromatic carbocycles. The van der Waals surface area contributed by atoms with Crippen LogP contribution in [0.1, 0.15) is 44.1 Å². The average Bonchev–Trinajstić information content (AvgIpc) is 3.20. The van der Waals surface area contributed by atoms with Crippen LogP contribution in [0.3, 0.4) is 0 Å². The lowest BCUT2D eigenvalue weighted by molar-refractivity contribution is -0.129. The SMILES string of the molecule is O=C(CSC1=Nc2ccccc2C2=N[C@@H](CC(=O)NC3CCCCC3)C(=O)N12)Nc1ccc(F)cc1. The number of anilines is 1. The molecule has 2 aromatic rings. The maximum absolute atomic E-state index is 13.4. The van der Waals surface area contributed by atoms with Crippen molar-refractivity contribution in [2.45, 2.75) is 50.6 Å². The van der Waals surface area contributed by atoms with Crippen molar-refractivity contribution in [1.82, 2.24) is 10.2 Å². The number of amidine groups is 2. The molecule has 36 heavy (non-hydrogen) atoms. The van der Waals surface area contributed by atoms with Gasteiger partial charge in [-0.2, -0.15) is 0 Å². The Morgan fingerprint density at radius 2 is 1.78 bits per heavy atom. The molecule has 10 heteroatoms. The van der Waals surface area contributed by atoms with E-state index in [9.17, 15) is 18.8 Å². The molecule has 1 atom stereocenters. The van der Waals surface area contributed by atoms with Crippen LogP contribution in [0.25, 0.3) is 0 Å². The number of aliphatic imine (C=N–C) groups is 2. The zero-order chi connectivity index (χ0) is 25.1. The minimum absolute atomic E-state index is 0.0116. The van der Waals surface area contributed by atoms with Crippen LogP contribution in [0.15, 0.2) is 58.5 Å². The Balaban J connectivity index is 1.29. The van der Waals surface area contributed by atoms with Crippen LogP contribution in [-0.2, 0) is 14.4 Å². The molecule has 2 heterocycles. The van der Waals surface area contributed by atoms with Crippen LogP contribution in [0.4, 0.5) is 15.8 Å². The van der Waals surface area contributed by atoms with Gasteiger partial charge in [-0.15, -0.1) is 0 Å². The summed E-state index contributed by atoms with van der Waals surface area (Å²) in [5.74, 6) is -0.781. The largest absolute Gasteiger partial charge is 0.353 e.